The minimum absolute atomic E-state index is 0.0298. The lowest BCUT2D eigenvalue weighted by molar-refractivity contribution is -0.117. The first-order valence-electron chi connectivity index (χ1n) is 8.37. The van der Waals surface area contributed by atoms with Crippen molar-refractivity contribution in [2.75, 3.05) is 30.8 Å². The highest BCUT2D eigenvalue weighted by Gasteiger charge is 2.23. The number of fused-ring (bicyclic) bond motifs is 1. The van der Waals surface area contributed by atoms with Crippen LogP contribution in [0.2, 0.25) is 0 Å². The van der Waals surface area contributed by atoms with E-state index < -0.39 is 6.09 Å². The van der Waals surface area contributed by atoms with Crippen LogP contribution in [0.1, 0.15) is 21.7 Å². The van der Waals surface area contributed by atoms with Crippen molar-refractivity contribution in [2.45, 2.75) is 26.8 Å². The van der Waals surface area contributed by atoms with E-state index in [2.05, 4.69) is 31.3 Å². The van der Waals surface area contributed by atoms with Crippen LogP contribution in [-0.4, -0.2) is 42.1 Å². The zero-order chi connectivity index (χ0) is 18.7. The Bertz CT molecular complexity index is 834. The Morgan fingerprint density at radius 2 is 2.12 bits per heavy atom. The van der Waals surface area contributed by atoms with Gasteiger partial charge in [0.05, 0.1) is 19.3 Å². The maximum atomic E-state index is 12.4. The van der Waals surface area contributed by atoms with Crippen LogP contribution >= 0.6 is 11.3 Å². The topological polar surface area (TPSA) is 83.6 Å². The maximum absolute atomic E-state index is 12.4. The molecule has 8 heteroatoms. The van der Waals surface area contributed by atoms with Gasteiger partial charge >= 0.3 is 6.09 Å². The molecule has 1 aromatic heterocycles. The minimum Gasteiger partial charge on any atom is -0.453 e. The van der Waals surface area contributed by atoms with Gasteiger partial charge in [0.2, 0.25) is 5.91 Å². The second-order valence-corrected chi connectivity index (χ2v) is 7.42. The summed E-state index contributed by atoms with van der Waals surface area (Å²) < 4.78 is 4.59. The predicted molar refractivity (Wildman–Crippen MR) is 102 cm³/mol. The highest BCUT2D eigenvalue weighted by atomic mass is 32.1. The summed E-state index contributed by atoms with van der Waals surface area (Å²) in [7, 11) is 1.32. The number of amides is 2. The van der Waals surface area contributed by atoms with E-state index in [-0.39, 0.29) is 5.91 Å². The van der Waals surface area contributed by atoms with Gasteiger partial charge in [-0.2, -0.15) is 0 Å². The molecular weight excluding hydrogens is 352 g/mol. The van der Waals surface area contributed by atoms with Crippen LogP contribution in [0.4, 0.5) is 15.6 Å². The van der Waals surface area contributed by atoms with Crippen LogP contribution in [0, 0.1) is 13.8 Å². The van der Waals surface area contributed by atoms with Crippen molar-refractivity contribution in [3.05, 3.63) is 39.9 Å². The van der Waals surface area contributed by atoms with E-state index in [0.717, 1.165) is 34.8 Å². The Morgan fingerprint density at radius 1 is 1.31 bits per heavy atom. The smallest absolute Gasteiger partial charge is 0.413 e. The molecule has 0 bridgehead atoms. The third-order valence-corrected chi connectivity index (χ3v) is 5.23. The monoisotopic (exact) mass is 374 g/mol. The highest BCUT2D eigenvalue weighted by molar-refractivity contribution is 7.15. The van der Waals surface area contributed by atoms with E-state index in [4.69, 9.17) is 0 Å². The van der Waals surface area contributed by atoms with Crippen molar-refractivity contribution in [1.29, 1.82) is 0 Å². The lowest BCUT2D eigenvalue weighted by Crippen LogP contribution is -2.36. The molecule has 0 unspecified atom stereocenters. The molecule has 2 aromatic rings. The Balaban J connectivity index is 1.58. The molecule has 7 nitrogen and oxygen atoms in total. The summed E-state index contributed by atoms with van der Waals surface area (Å²) in [5.74, 6) is -0.0298. The van der Waals surface area contributed by atoms with Gasteiger partial charge in [0.25, 0.3) is 0 Å². The van der Waals surface area contributed by atoms with Gasteiger partial charge in [-0.05, 0) is 25.5 Å². The maximum Gasteiger partial charge on any atom is 0.413 e. The molecule has 3 rings (SSSR count). The lowest BCUT2D eigenvalue weighted by Gasteiger charge is -2.25. The van der Waals surface area contributed by atoms with E-state index in [9.17, 15) is 9.59 Å². The average molecular weight is 374 g/mol. The van der Waals surface area contributed by atoms with E-state index in [0.29, 0.717) is 18.2 Å². The molecule has 0 atom stereocenters. The van der Waals surface area contributed by atoms with Crippen molar-refractivity contribution in [1.82, 2.24) is 9.88 Å². The van der Waals surface area contributed by atoms with Gasteiger partial charge in [-0.1, -0.05) is 29.0 Å². The van der Waals surface area contributed by atoms with Crippen molar-refractivity contribution in [3.63, 3.8) is 0 Å². The molecule has 2 heterocycles. The SMILES string of the molecule is COC(=O)Nc1nc2c(s1)CN(CC(=O)Nc1ccc(C)cc1C)CC2. The summed E-state index contributed by atoms with van der Waals surface area (Å²) in [5, 5.41) is 6.11. The molecule has 2 N–H and O–H groups in total. The molecule has 0 saturated heterocycles. The first kappa shape index (κ1) is 18.3. The fourth-order valence-electron chi connectivity index (χ4n) is 2.92. The Kier molecular flexibility index (Phi) is 5.53. The Labute approximate surface area is 156 Å². The van der Waals surface area contributed by atoms with E-state index in [1.807, 2.05) is 26.0 Å². The van der Waals surface area contributed by atoms with Gasteiger partial charge in [0.1, 0.15) is 0 Å². The number of hydrogen-bond acceptors (Lipinski definition) is 6. The fourth-order valence-corrected chi connectivity index (χ4v) is 3.96. The van der Waals surface area contributed by atoms with Gasteiger partial charge < -0.3 is 10.1 Å². The number of ether oxygens (including phenoxy) is 1. The summed E-state index contributed by atoms with van der Waals surface area (Å²) in [6.07, 6.45) is 0.228. The zero-order valence-corrected chi connectivity index (χ0v) is 15.9. The summed E-state index contributed by atoms with van der Waals surface area (Å²) in [5.41, 5.74) is 4.05. The quantitative estimate of drug-likeness (QED) is 0.860. The first-order chi connectivity index (χ1) is 12.4. The molecule has 1 aliphatic heterocycles. The molecule has 0 radical (unpaired) electrons. The molecular formula is C18H22N4O3S. The molecule has 0 fully saturated rings. The first-order valence-corrected chi connectivity index (χ1v) is 9.19. The largest absolute Gasteiger partial charge is 0.453 e. The number of carbonyl (C=O) groups excluding carboxylic acids is 2. The second kappa shape index (κ2) is 7.84. The molecule has 26 heavy (non-hydrogen) atoms. The summed E-state index contributed by atoms with van der Waals surface area (Å²) in [6.45, 7) is 5.75. The normalized spacial score (nSPS) is 13.8. The highest BCUT2D eigenvalue weighted by Crippen LogP contribution is 2.28. The number of nitrogens with one attached hydrogen (secondary N) is 2. The molecule has 1 aliphatic rings. The number of anilines is 2. The van der Waals surface area contributed by atoms with Crippen LogP contribution in [0.25, 0.3) is 0 Å². The van der Waals surface area contributed by atoms with E-state index in [1.54, 1.807) is 0 Å². The number of carbonyl (C=O) groups is 2. The number of rotatable bonds is 4. The van der Waals surface area contributed by atoms with Crippen molar-refractivity contribution < 1.29 is 14.3 Å². The molecule has 0 aliphatic carbocycles. The van der Waals surface area contributed by atoms with Gasteiger partial charge in [-0.15, -0.1) is 0 Å². The van der Waals surface area contributed by atoms with Crippen molar-refractivity contribution in [3.8, 4) is 0 Å². The summed E-state index contributed by atoms with van der Waals surface area (Å²) in [4.78, 5) is 31.3. The number of hydrogen-bond donors (Lipinski definition) is 2. The minimum atomic E-state index is -0.527. The predicted octanol–water partition coefficient (Wildman–Crippen LogP) is 2.94. The summed E-state index contributed by atoms with van der Waals surface area (Å²) >= 11 is 1.42. The number of aryl methyl sites for hydroxylation is 2. The van der Waals surface area contributed by atoms with Crippen LogP contribution in [0.15, 0.2) is 18.2 Å². The average Bonchev–Trinajstić information content (AvgIpc) is 2.98. The van der Waals surface area contributed by atoms with Crippen LogP contribution in [-0.2, 0) is 22.5 Å². The summed E-state index contributed by atoms with van der Waals surface area (Å²) in [6, 6.07) is 5.98. The van der Waals surface area contributed by atoms with Gasteiger partial charge in [-0.25, -0.2) is 9.78 Å². The van der Waals surface area contributed by atoms with Crippen LogP contribution < -0.4 is 10.6 Å². The molecule has 1 aromatic carbocycles. The standard InChI is InChI=1S/C18H22N4O3S/c1-11-4-5-13(12(2)8-11)19-16(23)10-22-7-6-14-15(9-22)26-17(20-14)21-18(24)25-3/h4-5,8H,6-7,9-10H2,1-3H3,(H,19,23)(H,20,21,24). The molecule has 0 saturated carbocycles. The van der Waals surface area contributed by atoms with Crippen LogP contribution in [0.3, 0.4) is 0 Å². The van der Waals surface area contributed by atoms with E-state index >= 15 is 0 Å². The number of aromatic nitrogens is 1. The zero-order valence-electron chi connectivity index (χ0n) is 15.1. The lowest BCUT2D eigenvalue weighted by atomic mass is 10.1. The molecule has 138 valence electrons. The fraction of sp³-hybridized carbons (Fsp3) is 0.389. The van der Waals surface area contributed by atoms with Gasteiger partial charge in [0.15, 0.2) is 5.13 Å². The Hall–Kier alpha value is -2.45. The van der Waals surface area contributed by atoms with E-state index in [1.165, 1.54) is 24.0 Å². The Morgan fingerprint density at radius 3 is 2.85 bits per heavy atom. The van der Waals surface area contributed by atoms with Crippen LogP contribution in [0.5, 0.6) is 0 Å². The number of methoxy groups -OCH3 is 1. The number of thiazole rings is 1. The second-order valence-electron chi connectivity index (χ2n) is 6.33. The third kappa shape index (κ3) is 4.39. The molecule has 2 amide bonds. The van der Waals surface area contributed by atoms with Crippen molar-refractivity contribution >= 4 is 34.2 Å². The number of nitrogens with zero attached hydrogens (tertiary/aromatic N) is 2. The molecule has 0 spiro atoms. The van der Waals surface area contributed by atoms with Gasteiger partial charge in [-0.3, -0.25) is 15.0 Å². The third-order valence-electron chi connectivity index (χ3n) is 4.23. The van der Waals surface area contributed by atoms with Gasteiger partial charge in [0, 0.05) is 30.1 Å². The number of benzene rings is 1. The van der Waals surface area contributed by atoms with Crippen molar-refractivity contribution in [2.24, 2.45) is 0 Å².